The van der Waals surface area contributed by atoms with Gasteiger partial charge in [-0.05, 0) is 51.4 Å². The summed E-state index contributed by atoms with van der Waals surface area (Å²) in [6, 6.07) is 2.37. The molecule has 0 aromatic carbocycles. The summed E-state index contributed by atoms with van der Waals surface area (Å²) in [6.07, 6.45) is 9.86. The molecule has 4 heteroatoms. The summed E-state index contributed by atoms with van der Waals surface area (Å²) in [5.74, 6) is 0. The first-order valence-corrected chi connectivity index (χ1v) is 6.51. The predicted molar refractivity (Wildman–Crippen MR) is 70.7 cm³/mol. The first-order chi connectivity index (χ1) is 7.24. The Balaban J connectivity index is 0.00000128. The summed E-state index contributed by atoms with van der Waals surface area (Å²) in [5.41, 5.74) is 11.8. The monoisotopic (exact) mass is 219 g/mol. The molecule has 2 aliphatic rings. The SMILES string of the molecule is NC1CCC(NC2CCC(N)CC2)CC1.[LiH]. The van der Waals surface area contributed by atoms with Crippen LogP contribution in [0.5, 0.6) is 0 Å². The van der Waals surface area contributed by atoms with E-state index in [0.29, 0.717) is 12.1 Å². The molecule has 0 aromatic rings. The van der Waals surface area contributed by atoms with E-state index in [1.54, 1.807) is 0 Å². The normalized spacial score (nSPS) is 40.1. The molecule has 2 fully saturated rings. The molecule has 16 heavy (non-hydrogen) atoms. The van der Waals surface area contributed by atoms with Crippen LogP contribution in [0.3, 0.4) is 0 Å². The molecule has 0 aromatic heterocycles. The van der Waals surface area contributed by atoms with E-state index in [0.717, 1.165) is 12.1 Å². The van der Waals surface area contributed by atoms with E-state index < -0.39 is 0 Å². The van der Waals surface area contributed by atoms with Gasteiger partial charge in [-0.2, -0.15) is 0 Å². The van der Waals surface area contributed by atoms with Crippen molar-refractivity contribution in [1.82, 2.24) is 5.32 Å². The topological polar surface area (TPSA) is 64.1 Å². The van der Waals surface area contributed by atoms with Crippen LogP contribution < -0.4 is 16.8 Å². The zero-order valence-electron chi connectivity index (χ0n) is 9.62. The van der Waals surface area contributed by atoms with E-state index in [9.17, 15) is 0 Å². The van der Waals surface area contributed by atoms with Crippen LogP contribution in [0.1, 0.15) is 51.4 Å². The molecule has 0 saturated heterocycles. The van der Waals surface area contributed by atoms with E-state index in [1.807, 2.05) is 0 Å². The molecule has 0 radical (unpaired) electrons. The standard InChI is InChI=1S/C12H25N3.Li.H/c13-9-1-5-11(6-2-9)15-12-7-3-10(14)4-8-12;;/h9-12,15H,1-8,13-14H2;;. The van der Waals surface area contributed by atoms with E-state index in [2.05, 4.69) is 5.32 Å². The van der Waals surface area contributed by atoms with Crippen LogP contribution in [-0.4, -0.2) is 43.0 Å². The molecule has 0 spiro atoms. The van der Waals surface area contributed by atoms with Gasteiger partial charge in [-0.1, -0.05) is 0 Å². The van der Waals surface area contributed by atoms with Crippen LogP contribution in [0.15, 0.2) is 0 Å². The van der Waals surface area contributed by atoms with Crippen molar-refractivity contribution in [3.05, 3.63) is 0 Å². The van der Waals surface area contributed by atoms with Gasteiger partial charge in [0.25, 0.3) is 0 Å². The molecule has 2 saturated carbocycles. The minimum atomic E-state index is 0. The molecule has 90 valence electrons. The summed E-state index contributed by atoms with van der Waals surface area (Å²) in [7, 11) is 0. The van der Waals surface area contributed by atoms with Crippen LogP contribution in [0.4, 0.5) is 0 Å². The van der Waals surface area contributed by atoms with E-state index >= 15 is 0 Å². The maximum atomic E-state index is 5.90. The van der Waals surface area contributed by atoms with Crippen molar-refractivity contribution in [2.45, 2.75) is 75.5 Å². The molecular weight excluding hydrogens is 193 g/mol. The molecule has 3 nitrogen and oxygen atoms in total. The Labute approximate surface area is 111 Å². The molecule has 0 amide bonds. The van der Waals surface area contributed by atoms with Crippen molar-refractivity contribution < 1.29 is 0 Å². The third-order valence-corrected chi connectivity index (χ3v) is 4.02. The molecule has 0 heterocycles. The van der Waals surface area contributed by atoms with Gasteiger partial charge in [0.15, 0.2) is 0 Å². The van der Waals surface area contributed by atoms with Gasteiger partial charge in [-0.25, -0.2) is 0 Å². The number of nitrogens with one attached hydrogen (secondary N) is 1. The van der Waals surface area contributed by atoms with Crippen molar-refractivity contribution in [1.29, 1.82) is 0 Å². The van der Waals surface area contributed by atoms with Gasteiger partial charge in [0, 0.05) is 24.2 Å². The minimum absolute atomic E-state index is 0. The van der Waals surface area contributed by atoms with Gasteiger partial charge in [-0.3, -0.25) is 0 Å². The second kappa shape index (κ2) is 7.03. The molecule has 0 aliphatic heterocycles. The van der Waals surface area contributed by atoms with Crippen LogP contribution in [0.25, 0.3) is 0 Å². The Kier molecular flexibility index (Phi) is 6.39. The van der Waals surface area contributed by atoms with Crippen LogP contribution >= 0.6 is 0 Å². The maximum absolute atomic E-state index is 5.90. The zero-order valence-corrected chi connectivity index (χ0v) is 9.62. The summed E-state index contributed by atoms with van der Waals surface area (Å²) in [4.78, 5) is 0. The van der Waals surface area contributed by atoms with Gasteiger partial charge in [0.05, 0.1) is 0 Å². The van der Waals surface area contributed by atoms with Crippen molar-refractivity contribution >= 4 is 18.9 Å². The third-order valence-electron chi connectivity index (χ3n) is 4.02. The molecule has 0 unspecified atom stereocenters. The fraction of sp³-hybridized carbons (Fsp3) is 1.00. The molecule has 0 bridgehead atoms. The second-order valence-corrected chi connectivity index (χ2v) is 5.39. The number of nitrogens with two attached hydrogens (primary N) is 2. The summed E-state index contributed by atoms with van der Waals surface area (Å²) in [6.45, 7) is 0. The Hall–Kier alpha value is 0.477. The first kappa shape index (κ1) is 14.5. The fourth-order valence-corrected chi connectivity index (χ4v) is 2.91. The summed E-state index contributed by atoms with van der Waals surface area (Å²) in [5, 5.41) is 3.79. The number of hydrogen-bond acceptors (Lipinski definition) is 3. The van der Waals surface area contributed by atoms with E-state index in [1.165, 1.54) is 51.4 Å². The molecule has 2 rings (SSSR count). The molecule has 5 N–H and O–H groups in total. The van der Waals surface area contributed by atoms with Gasteiger partial charge >= 0.3 is 18.9 Å². The van der Waals surface area contributed by atoms with E-state index in [4.69, 9.17) is 11.5 Å². The fourth-order valence-electron chi connectivity index (χ4n) is 2.91. The number of hydrogen-bond donors (Lipinski definition) is 3. The average molecular weight is 219 g/mol. The Morgan fingerprint density at radius 1 is 0.625 bits per heavy atom. The Morgan fingerprint density at radius 2 is 0.938 bits per heavy atom. The Morgan fingerprint density at radius 3 is 1.25 bits per heavy atom. The number of rotatable bonds is 2. The van der Waals surface area contributed by atoms with Crippen molar-refractivity contribution in [3.8, 4) is 0 Å². The summed E-state index contributed by atoms with van der Waals surface area (Å²) >= 11 is 0. The van der Waals surface area contributed by atoms with E-state index in [-0.39, 0.29) is 18.9 Å². The van der Waals surface area contributed by atoms with Crippen molar-refractivity contribution in [2.24, 2.45) is 11.5 Å². The quantitative estimate of drug-likeness (QED) is 0.591. The summed E-state index contributed by atoms with van der Waals surface area (Å²) < 4.78 is 0. The molecule has 2 aliphatic carbocycles. The third kappa shape index (κ3) is 4.39. The van der Waals surface area contributed by atoms with Gasteiger partial charge in [-0.15, -0.1) is 0 Å². The van der Waals surface area contributed by atoms with Gasteiger partial charge < -0.3 is 16.8 Å². The average Bonchev–Trinajstić information content (AvgIpc) is 2.25. The van der Waals surface area contributed by atoms with Crippen molar-refractivity contribution in [3.63, 3.8) is 0 Å². The van der Waals surface area contributed by atoms with Crippen LogP contribution in [-0.2, 0) is 0 Å². The molecular formula is C12H26LiN3. The van der Waals surface area contributed by atoms with Crippen LogP contribution in [0.2, 0.25) is 0 Å². The zero-order chi connectivity index (χ0) is 10.7. The second-order valence-electron chi connectivity index (χ2n) is 5.39. The Bertz CT molecular complexity index is 165. The van der Waals surface area contributed by atoms with Gasteiger partial charge in [0.1, 0.15) is 0 Å². The predicted octanol–water partition coefficient (Wildman–Crippen LogP) is 0.467. The van der Waals surface area contributed by atoms with Gasteiger partial charge in [0.2, 0.25) is 0 Å². The van der Waals surface area contributed by atoms with Crippen LogP contribution in [0, 0.1) is 0 Å². The first-order valence-electron chi connectivity index (χ1n) is 6.51. The van der Waals surface area contributed by atoms with Crippen molar-refractivity contribution in [2.75, 3.05) is 0 Å². The molecule has 0 atom stereocenters.